The number of rotatable bonds is 4. The summed E-state index contributed by atoms with van der Waals surface area (Å²) in [6.07, 6.45) is -3.50. The van der Waals surface area contributed by atoms with Gasteiger partial charge in [-0.25, -0.2) is 4.68 Å². The number of carbonyl (C=O) groups is 2. The minimum absolute atomic E-state index is 0.0622. The van der Waals surface area contributed by atoms with Crippen LogP contribution in [0.15, 0.2) is 53.1 Å². The zero-order valence-electron chi connectivity index (χ0n) is 16.2. The molecule has 11 heteroatoms. The summed E-state index contributed by atoms with van der Waals surface area (Å²) in [5.74, 6) is -0.533. The summed E-state index contributed by atoms with van der Waals surface area (Å²) in [7, 11) is 0. The Morgan fingerprint density at radius 3 is 2.55 bits per heavy atom. The van der Waals surface area contributed by atoms with Crippen molar-refractivity contribution in [1.29, 1.82) is 0 Å². The normalized spacial score (nSPS) is 18.1. The highest BCUT2D eigenvalue weighted by Gasteiger charge is 2.47. The van der Waals surface area contributed by atoms with Gasteiger partial charge in [-0.05, 0) is 30.3 Å². The Morgan fingerprint density at radius 1 is 1.16 bits per heavy atom. The summed E-state index contributed by atoms with van der Waals surface area (Å²) in [5, 5.41) is 12.0. The molecular formula is C20H18F3N5O3. The summed E-state index contributed by atoms with van der Waals surface area (Å²) < 4.78 is 47.1. The van der Waals surface area contributed by atoms with Crippen molar-refractivity contribution in [3.63, 3.8) is 0 Å². The molecule has 0 radical (unpaired) electrons. The molecule has 0 saturated heterocycles. The zero-order valence-corrected chi connectivity index (χ0v) is 16.2. The number of benzene rings is 1. The van der Waals surface area contributed by atoms with Crippen LogP contribution in [-0.4, -0.2) is 27.8 Å². The molecule has 2 aromatic heterocycles. The van der Waals surface area contributed by atoms with Crippen LogP contribution < -0.4 is 16.0 Å². The molecule has 31 heavy (non-hydrogen) atoms. The molecule has 0 spiro atoms. The number of anilines is 3. The lowest BCUT2D eigenvalue weighted by molar-refractivity contribution is -0.174. The summed E-state index contributed by atoms with van der Waals surface area (Å²) >= 11 is 0. The lowest BCUT2D eigenvalue weighted by Gasteiger charge is -2.32. The number of nitrogens with one attached hydrogen (secondary N) is 3. The molecule has 0 aliphatic carbocycles. The third-order valence-corrected chi connectivity index (χ3v) is 4.75. The molecule has 1 aliphatic heterocycles. The number of alkyl halides is 3. The highest BCUT2D eigenvalue weighted by molar-refractivity contribution is 6.03. The van der Waals surface area contributed by atoms with Crippen LogP contribution in [0.25, 0.3) is 0 Å². The molecule has 3 aromatic rings. The van der Waals surface area contributed by atoms with Crippen LogP contribution >= 0.6 is 0 Å². The maximum Gasteiger partial charge on any atom is 0.410 e. The van der Waals surface area contributed by atoms with Crippen molar-refractivity contribution in [1.82, 2.24) is 9.78 Å². The van der Waals surface area contributed by atoms with Crippen molar-refractivity contribution >= 4 is 29.0 Å². The van der Waals surface area contributed by atoms with Gasteiger partial charge in [0.1, 0.15) is 11.6 Å². The minimum Gasteiger partial charge on any atom is -0.467 e. The van der Waals surface area contributed by atoms with Crippen molar-refractivity contribution in [2.75, 3.05) is 16.0 Å². The fraction of sp³-hybridized carbons (Fsp3) is 0.250. The quantitative estimate of drug-likeness (QED) is 0.568. The fourth-order valence-electron chi connectivity index (χ4n) is 3.43. The van der Waals surface area contributed by atoms with Gasteiger partial charge in [0.2, 0.25) is 5.91 Å². The molecule has 1 aromatic carbocycles. The van der Waals surface area contributed by atoms with Crippen LogP contribution in [0.2, 0.25) is 0 Å². The minimum atomic E-state index is -4.56. The van der Waals surface area contributed by atoms with Crippen LogP contribution in [0.3, 0.4) is 0 Å². The van der Waals surface area contributed by atoms with Gasteiger partial charge < -0.3 is 20.4 Å². The highest BCUT2D eigenvalue weighted by atomic mass is 19.4. The average molecular weight is 433 g/mol. The van der Waals surface area contributed by atoms with E-state index < -0.39 is 24.2 Å². The monoisotopic (exact) mass is 433 g/mol. The van der Waals surface area contributed by atoms with Crippen molar-refractivity contribution in [3.8, 4) is 0 Å². The standard InChI is InChI=1S/C20H18F3N5O3/c1-11(29)24-12-4-2-5-13(8-12)25-19(30)15-10-18-26-14(16-6-3-7-31-16)9-17(20(21,22)23)28(18)27-15/h2-8,10,14,17,26H,9H2,1H3,(H,24,29)(H,25,30)/t14-,17+/m1/s1. The van der Waals surface area contributed by atoms with Gasteiger partial charge in [0.05, 0.1) is 12.3 Å². The first-order chi connectivity index (χ1) is 14.7. The predicted molar refractivity (Wildman–Crippen MR) is 106 cm³/mol. The van der Waals surface area contributed by atoms with E-state index in [1.807, 2.05) is 0 Å². The van der Waals surface area contributed by atoms with E-state index in [0.717, 1.165) is 4.68 Å². The van der Waals surface area contributed by atoms with Crippen LogP contribution in [0, 0.1) is 0 Å². The maximum atomic E-state index is 13.7. The van der Waals surface area contributed by atoms with Crippen LogP contribution in [-0.2, 0) is 4.79 Å². The summed E-state index contributed by atoms with van der Waals surface area (Å²) in [4.78, 5) is 23.8. The maximum absolute atomic E-state index is 13.7. The number of furan rings is 1. The molecule has 1 aliphatic rings. The first kappa shape index (κ1) is 20.5. The first-order valence-corrected chi connectivity index (χ1v) is 9.36. The summed E-state index contributed by atoms with van der Waals surface area (Å²) in [6, 6.07) is 8.20. The molecule has 3 N–H and O–H groups in total. The number of aromatic nitrogens is 2. The van der Waals surface area contributed by atoms with E-state index in [1.54, 1.807) is 30.3 Å². The Morgan fingerprint density at radius 2 is 1.90 bits per heavy atom. The Balaban J connectivity index is 1.59. The van der Waals surface area contributed by atoms with E-state index in [9.17, 15) is 22.8 Å². The van der Waals surface area contributed by atoms with Gasteiger partial charge in [-0.3, -0.25) is 9.59 Å². The lowest BCUT2D eigenvalue weighted by Crippen LogP contribution is -2.35. The topological polar surface area (TPSA) is 101 Å². The highest BCUT2D eigenvalue weighted by Crippen LogP contribution is 2.43. The van der Waals surface area contributed by atoms with Gasteiger partial charge in [-0.2, -0.15) is 18.3 Å². The molecule has 3 heterocycles. The third kappa shape index (κ3) is 4.39. The zero-order chi connectivity index (χ0) is 22.2. The molecule has 0 fully saturated rings. The Labute approximate surface area is 174 Å². The number of hydrogen-bond donors (Lipinski definition) is 3. The number of nitrogens with zero attached hydrogens (tertiary/aromatic N) is 2. The van der Waals surface area contributed by atoms with Gasteiger partial charge in [0, 0.05) is 30.8 Å². The lowest BCUT2D eigenvalue weighted by atomic mass is 10.0. The number of carbonyl (C=O) groups excluding carboxylic acids is 2. The molecule has 4 rings (SSSR count). The van der Waals surface area contributed by atoms with Gasteiger partial charge in [0.25, 0.3) is 5.91 Å². The van der Waals surface area contributed by atoms with E-state index in [1.165, 1.54) is 25.3 Å². The largest absolute Gasteiger partial charge is 0.467 e. The van der Waals surface area contributed by atoms with E-state index in [2.05, 4.69) is 21.0 Å². The molecular weight excluding hydrogens is 415 g/mol. The van der Waals surface area contributed by atoms with Crippen molar-refractivity contribution in [2.24, 2.45) is 0 Å². The molecule has 2 atom stereocenters. The third-order valence-electron chi connectivity index (χ3n) is 4.75. The van der Waals surface area contributed by atoms with E-state index >= 15 is 0 Å². The second kappa shape index (κ2) is 7.82. The Kier molecular flexibility index (Phi) is 5.17. The molecule has 0 unspecified atom stereocenters. The Hall–Kier alpha value is -3.76. The van der Waals surface area contributed by atoms with Crippen LogP contribution in [0.1, 0.15) is 41.7 Å². The molecule has 2 amide bonds. The van der Waals surface area contributed by atoms with Gasteiger partial charge in [0.15, 0.2) is 11.7 Å². The van der Waals surface area contributed by atoms with E-state index in [-0.39, 0.29) is 23.8 Å². The second-order valence-corrected chi connectivity index (χ2v) is 7.08. The predicted octanol–water partition coefficient (Wildman–Crippen LogP) is 4.35. The Bertz CT molecular complexity index is 1110. The van der Waals surface area contributed by atoms with E-state index in [0.29, 0.717) is 17.1 Å². The molecule has 0 saturated carbocycles. The SMILES string of the molecule is CC(=O)Nc1cccc(NC(=O)c2cc3n(n2)[C@H](C(F)(F)F)C[C@H](c2ccco2)N3)c1. The average Bonchev–Trinajstić information content (AvgIpc) is 3.36. The van der Waals surface area contributed by atoms with E-state index in [4.69, 9.17) is 4.42 Å². The number of halogens is 3. The first-order valence-electron chi connectivity index (χ1n) is 9.36. The molecule has 8 nitrogen and oxygen atoms in total. The van der Waals surface area contributed by atoms with Crippen molar-refractivity contribution < 1.29 is 27.2 Å². The number of amides is 2. The smallest absolute Gasteiger partial charge is 0.410 e. The van der Waals surface area contributed by atoms with Crippen molar-refractivity contribution in [3.05, 3.63) is 60.2 Å². The van der Waals surface area contributed by atoms with Gasteiger partial charge in [-0.15, -0.1) is 0 Å². The number of hydrogen-bond acceptors (Lipinski definition) is 5. The second-order valence-electron chi connectivity index (χ2n) is 7.08. The van der Waals surface area contributed by atoms with Crippen LogP contribution in [0.5, 0.6) is 0 Å². The van der Waals surface area contributed by atoms with Gasteiger partial charge >= 0.3 is 6.18 Å². The number of fused-ring (bicyclic) bond motifs is 1. The van der Waals surface area contributed by atoms with Crippen molar-refractivity contribution in [2.45, 2.75) is 31.6 Å². The fourth-order valence-corrected chi connectivity index (χ4v) is 3.43. The molecule has 162 valence electrons. The van der Waals surface area contributed by atoms with Crippen LogP contribution in [0.4, 0.5) is 30.4 Å². The summed E-state index contributed by atoms with van der Waals surface area (Å²) in [5.41, 5.74) is 0.646. The molecule has 0 bridgehead atoms. The van der Waals surface area contributed by atoms with Gasteiger partial charge in [-0.1, -0.05) is 6.07 Å². The summed E-state index contributed by atoms with van der Waals surface area (Å²) in [6.45, 7) is 1.35.